The largest absolute Gasteiger partial charge is 0.480 e. The Kier molecular flexibility index (Phi) is 5.69. The van der Waals surface area contributed by atoms with Gasteiger partial charge in [0.05, 0.1) is 6.42 Å². The van der Waals surface area contributed by atoms with E-state index in [1.54, 1.807) is 24.3 Å². The summed E-state index contributed by atoms with van der Waals surface area (Å²) in [6.45, 7) is 0. The van der Waals surface area contributed by atoms with Crippen molar-refractivity contribution in [3.05, 3.63) is 35.9 Å². The summed E-state index contributed by atoms with van der Waals surface area (Å²) in [5, 5.41) is 10.7. The topological polar surface area (TPSA) is 109 Å². The van der Waals surface area contributed by atoms with Gasteiger partial charge >= 0.3 is 5.97 Å². The summed E-state index contributed by atoms with van der Waals surface area (Å²) in [4.78, 5) is 33.4. The molecule has 1 aromatic carbocycles. The lowest BCUT2D eigenvalue weighted by Gasteiger charge is -2.06. The molecule has 2 amide bonds. The molecule has 6 heteroatoms. The van der Waals surface area contributed by atoms with E-state index in [4.69, 9.17) is 10.8 Å². The highest BCUT2D eigenvalue weighted by Gasteiger charge is 2.14. The number of amides is 2. The number of carbonyl (C=O) groups is 3. The first-order valence-electron chi connectivity index (χ1n) is 5.84. The average Bonchev–Trinajstić information content (AvgIpc) is 2.36. The van der Waals surface area contributed by atoms with Gasteiger partial charge in [-0.25, -0.2) is 0 Å². The Morgan fingerprint density at radius 2 is 1.79 bits per heavy atom. The zero-order chi connectivity index (χ0) is 14.3. The fourth-order valence-corrected chi connectivity index (χ4v) is 1.45. The molecule has 0 aliphatic rings. The Morgan fingerprint density at radius 3 is 2.37 bits per heavy atom. The molecule has 0 aliphatic heterocycles. The summed E-state index contributed by atoms with van der Waals surface area (Å²) in [6, 6.07) is 7.91. The normalized spacial score (nSPS) is 11.6. The van der Waals surface area contributed by atoms with Crippen LogP contribution in [0.3, 0.4) is 0 Å². The Morgan fingerprint density at radius 1 is 1.16 bits per heavy atom. The number of rotatable bonds is 6. The van der Waals surface area contributed by atoms with Crippen LogP contribution in [0.5, 0.6) is 0 Å². The molecule has 102 valence electrons. The molecular weight excluding hydrogens is 248 g/mol. The van der Waals surface area contributed by atoms with Crippen molar-refractivity contribution in [3.8, 4) is 0 Å². The molecule has 4 N–H and O–H groups in total. The lowest BCUT2D eigenvalue weighted by Crippen LogP contribution is -2.35. The number of carboxylic acids is 1. The lowest BCUT2D eigenvalue weighted by atomic mass is 10.1. The summed E-state index contributed by atoms with van der Waals surface area (Å²) in [7, 11) is 0. The van der Waals surface area contributed by atoms with Crippen molar-refractivity contribution in [2.75, 3.05) is 0 Å². The molecule has 0 aromatic heterocycles. The lowest BCUT2D eigenvalue weighted by molar-refractivity contribution is -0.138. The number of carbonyl (C=O) groups excluding carboxylic acids is 2. The minimum atomic E-state index is -1.16. The summed E-state index contributed by atoms with van der Waals surface area (Å²) in [5.41, 5.74) is 6.06. The van der Waals surface area contributed by atoms with Gasteiger partial charge in [0.15, 0.2) is 0 Å². The molecule has 0 fully saturated rings. The second kappa shape index (κ2) is 7.27. The molecule has 0 saturated heterocycles. The van der Waals surface area contributed by atoms with E-state index in [1.807, 2.05) is 6.07 Å². The van der Waals surface area contributed by atoms with Crippen LogP contribution in [0.15, 0.2) is 30.3 Å². The zero-order valence-electron chi connectivity index (χ0n) is 10.3. The van der Waals surface area contributed by atoms with Crippen molar-refractivity contribution in [1.82, 2.24) is 5.32 Å². The number of nitrogens with one attached hydrogen (secondary N) is 1. The maximum atomic E-state index is 11.5. The Labute approximate surface area is 110 Å². The molecule has 0 radical (unpaired) electrons. The standard InChI is InChI=1S/C13H16N2O4/c14-10(13(18)19)6-7-11(16)15-12(17)8-9-4-2-1-3-5-9/h1-5,10H,6-8,14H2,(H,18,19)(H,15,16,17). The van der Waals surface area contributed by atoms with Crippen molar-refractivity contribution < 1.29 is 19.5 Å². The predicted octanol–water partition coefficient (Wildman–Crippen LogP) is 0.0640. The third-order valence-corrected chi connectivity index (χ3v) is 2.49. The number of hydrogen-bond donors (Lipinski definition) is 3. The van der Waals surface area contributed by atoms with Crippen LogP contribution < -0.4 is 11.1 Å². The molecule has 0 saturated carbocycles. The van der Waals surface area contributed by atoms with Crippen LogP contribution in [0, 0.1) is 0 Å². The molecule has 1 unspecified atom stereocenters. The highest BCUT2D eigenvalue weighted by atomic mass is 16.4. The van der Waals surface area contributed by atoms with E-state index in [9.17, 15) is 14.4 Å². The van der Waals surface area contributed by atoms with E-state index in [2.05, 4.69) is 5.32 Å². The molecule has 19 heavy (non-hydrogen) atoms. The van der Waals surface area contributed by atoms with Crippen LogP contribution in [0.4, 0.5) is 0 Å². The average molecular weight is 264 g/mol. The second-order valence-electron chi connectivity index (χ2n) is 4.12. The van der Waals surface area contributed by atoms with Gasteiger partial charge in [0.25, 0.3) is 0 Å². The molecule has 1 atom stereocenters. The number of hydrogen-bond acceptors (Lipinski definition) is 4. The van der Waals surface area contributed by atoms with Crippen LogP contribution in [-0.2, 0) is 20.8 Å². The first-order chi connectivity index (χ1) is 8.99. The van der Waals surface area contributed by atoms with Crippen molar-refractivity contribution in [1.29, 1.82) is 0 Å². The van der Waals surface area contributed by atoms with Gasteiger partial charge in [0, 0.05) is 6.42 Å². The van der Waals surface area contributed by atoms with Gasteiger partial charge in [-0.15, -0.1) is 0 Å². The van der Waals surface area contributed by atoms with Gasteiger partial charge in [0.1, 0.15) is 6.04 Å². The highest BCUT2D eigenvalue weighted by Crippen LogP contribution is 2.00. The fourth-order valence-electron chi connectivity index (χ4n) is 1.45. The highest BCUT2D eigenvalue weighted by molar-refractivity contribution is 5.96. The number of nitrogens with two attached hydrogens (primary N) is 1. The summed E-state index contributed by atoms with van der Waals surface area (Å²) >= 11 is 0. The minimum Gasteiger partial charge on any atom is -0.480 e. The SMILES string of the molecule is NC(CCC(=O)NC(=O)Cc1ccccc1)C(=O)O. The van der Waals surface area contributed by atoms with Crippen molar-refractivity contribution >= 4 is 17.8 Å². The van der Waals surface area contributed by atoms with E-state index in [0.29, 0.717) is 0 Å². The van der Waals surface area contributed by atoms with E-state index in [-0.39, 0.29) is 19.3 Å². The molecule has 0 heterocycles. The maximum Gasteiger partial charge on any atom is 0.320 e. The molecule has 0 aliphatic carbocycles. The van der Waals surface area contributed by atoms with E-state index >= 15 is 0 Å². The van der Waals surface area contributed by atoms with Crippen molar-refractivity contribution in [2.45, 2.75) is 25.3 Å². The number of carboxylic acid groups (broad SMARTS) is 1. The Hall–Kier alpha value is -2.21. The van der Waals surface area contributed by atoms with Crippen molar-refractivity contribution in [2.24, 2.45) is 5.73 Å². The molecule has 0 spiro atoms. The first-order valence-corrected chi connectivity index (χ1v) is 5.84. The quantitative estimate of drug-likeness (QED) is 0.673. The van der Waals surface area contributed by atoms with Gasteiger partial charge in [-0.1, -0.05) is 30.3 Å². The molecule has 1 aromatic rings. The first kappa shape index (κ1) is 14.8. The van der Waals surface area contributed by atoms with Gasteiger partial charge in [-0.3, -0.25) is 19.7 Å². The number of imide groups is 1. The van der Waals surface area contributed by atoms with E-state index < -0.39 is 23.8 Å². The molecule has 1 rings (SSSR count). The fraction of sp³-hybridized carbons (Fsp3) is 0.308. The summed E-state index contributed by atoms with van der Waals surface area (Å²) in [6.07, 6.45) is 0.0192. The van der Waals surface area contributed by atoms with Crippen LogP contribution >= 0.6 is 0 Å². The Balaban J connectivity index is 2.32. The second-order valence-corrected chi connectivity index (χ2v) is 4.12. The smallest absolute Gasteiger partial charge is 0.320 e. The summed E-state index contributed by atoms with van der Waals surface area (Å²) in [5.74, 6) is -2.10. The van der Waals surface area contributed by atoms with Gasteiger partial charge < -0.3 is 10.8 Å². The minimum absolute atomic E-state index is 0.000215. The Bertz CT molecular complexity index is 459. The number of aliphatic carboxylic acids is 1. The summed E-state index contributed by atoms with van der Waals surface area (Å²) < 4.78 is 0. The third kappa shape index (κ3) is 5.78. The van der Waals surface area contributed by atoms with Crippen LogP contribution in [0.25, 0.3) is 0 Å². The third-order valence-electron chi connectivity index (χ3n) is 2.49. The monoisotopic (exact) mass is 264 g/mol. The molecule has 0 bridgehead atoms. The van der Waals surface area contributed by atoms with Crippen LogP contribution in [-0.4, -0.2) is 28.9 Å². The van der Waals surface area contributed by atoms with Crippen LogP contribution in [0.1, 0.15) is 18.4 Å². The van der Waals surface area contributed by atoms with Crippen LogP contribution in [0.2, 0.25) is 0 Å². The van der Waals surface area contributed by atoms with Gasteiger partial charge in [0.2, 0.25) is 11.8 Å². The van der Waals surface area contributed by atoms with Crippen molar-refractivity contribution in [3.63, 3.8) is 0 Å². The van der Waals surface area contributed by atoms with Gasteiger partial charge in [-0.05, 0) is 12.0 Å². The van der Waals surface area contributed by atoms with E-state index in [0.717, 1.165) is 5.56 Å². The molecule has 6 nitrogen and oxygen atoms in total. The van der Waals surface area contributed by atoms with E-state index in [1.165, 1.54) is 0 Å². The zero-order valence-corrected chi connectivity index (χ0v) is 10.3. The maximum absolute atomic E-state index is 11.5. The predicted molar refractivity (Wildman–Crippen MR) is 68.1 cm³/mol. The number of benzene rings is 1. The van der Waals surface area contributed by atoms with Gasteiger partial charge in [-0.2, -0.15) is 0 Å². The molecular formula is C13H16N2O4.